The Hall–Kier alpha value is -2.30. The van der Waals surface area contributed by atoms with Crippen LogP contribution < -0.4 is 9.47 Å². The van der Waals surface area contributed by atoms with Crippen molar-refractivity contribution in [1.29, 1.82) is 0 Å². The minimum absolute atomic E-state index is 0.455. The number of nitrogens with zero attached hydrogens (tertiary/aromatic N) is 2. The maximum absolute atomic E-state index is 10.5. The Bertz CT molecular complexity index is 520. The van der Waals surface area contributed by atoms with Crippen LogP contribution >= 0.6 is 0 Å². The number of carbonyl (C=O) groups is 1. The third kappa shape index (κ3) is 3.84. The van der Waals surface area contributed by atoms with E-state index in [0.29, 0.717) is 12.3 Å². The largest absolute Gasteiger partial charge is 0.497 e. The van der Waals surface area contributed by atoms with Crippen LogP contribution in [0.2, 0.25) is 0 Å². The Morgan fingerprint density at radius 1 is 1.21 bits per heavy atom. The number of hydrogen-bond donors (Lipinski definition) is 0. The minimum Gasteiger partial charge on any atom is -0.497 e. The third-order valence-corrected chi connectivity index (χ3v) is 2.64. The number of ether oxygens (including phenoxy) is 2. The molecule has 2 rings (SSSR count). The molecule has 0 aliphatic heterocycles. The molecule has 0 bridgehead atoms. The molecule has 19 heavy (non-hydrogen) atoms. The average molecular weight is 260 g/mol. The predicted molar refractivity (Wildman–Crippen MR) is 70.7 cm³/mol. The van der Waals surface area contributed by atoms with Crippen LogP contribution in [0, 0.1) is 0 Å². The highest BCUT2D eigenvalue weighted by Gasteiger charge is 1.98. The van der Waals surface area contributed by atoms with E-state index in [1.807, 2.05) is 24.3 Å². The molecule has 0 saturated carbocycles. The summed E-state index contributed by atoms with van der Waals surface area (Å²) in [5, 5.41) is 4.07. The van der Waals surface area contributed by atoms with E-state index in [1.54, 1.807) is 24.1 Å². The van der Waals surface area contributed by atoms with Gasteiger partial charge in [0.25, 0.3) is 0 Å². The van der Waals surface area contributed by atoms with Gasteiger partial charge in [0.2, 0.25) is 0 Å². The van der Waals surface area contributed by atoms with Crippen molar-refractivity contribution in [3.8, 4) is 11.5 Å². The Labute approximate surface area is 111 Å². The van der Waals surface area contributed by atoms with Gasteiger partial charge in [-0.1, -0.05) is 0 Å². The molecular weight excluding hydrogens is 244 g/mol. The first-order chi connectivity index (χ1) is 9.31. The molecule has 0 spiro atoms. The molecule has 0 saturated heterocycles. The molecule has 2 aromatic rings. The summed E-state index contributed by atoms with van der Waals surface area (Å²) in [6.45, 7) is 1.33. The van der Waals surface area contributed by atoms with E-state index < -0.39 is 0 Å². The molecule has 0 atom stereocenters. The number of hydrogen-bond acceptors (Lipinski definition) is 4. The Kier molecular flexibility index (Phi) is 4.55. The molecule has 0 unspecified atom stereocenters. The smallest absolute Gasteiger partial charge is 0.170 e. The van der Waals surface area contributed by atoms with Crippen LogP contribution in [-0.2, 0) is 6.54 Å². The summed E-state index contributed by atoms with van der Waals surface area (Å²) in [5.74, 6) is 1.63. The van der Waals surface area contributed by atoms with Crippen molar-refractivity contribution >= 4 is 6.29 Å². The van der Waals surface area contributed by atoms with Gasteiger partial charge in [-0.2, -0.15) is 5.10 Å². The second-order valence-corrected chi connectivity index (χ2v) is 4.00. The standard InChI is InChI=1S/C14H16N2O3/c1-18-13-3-5-14(6-4-13)19-10-2-8-16-9-7-12(11-17)15-16/h3-7,9,11H,2,8,10H2,1H3. The first kappa shape index (κ1) is 13.1. The minimum atomic E-state index is 0.455. The van der Waals surface area contributed by atoms with Gasteiger partial charge in [-0.25, -0.2) is 0 Å². The Morgan fingerprint density at radius 3 is 2.58 bits per heavy atom. The number of carbonyl (C=O) groups excluding carboxylic acids is 1. The van der Waals surface area contributed by atoms with Crippen molar-refractivity contribution in [1.82, 2.24) is 9.78 Å². The molecule has 0 amide bonds. The van der Waals surface area contributed by atoms with Gasteiger partial charge in [0.1, 0.15) is 17.2 Å². The molecule has 5 heteroatoms. The normalized spacial score (nSPS) is 10.2. The number of rotatable bonds is 7. The zero-order valence-corrected chi connectivity index (χ0v) is 10.8. The summed E-state index contributed by atoms with van der Waals surface area (Å²) in [6, 6.07) is 9.16. The van der Waals surface area contributed by atoms with E-state index in [-0.39, 0.29) is 0 Å². The van der Waals surface area contributed by atoms with Crippen LogP contribution in [-0.4, -0.2) is 29.8 Å². The van der Waals surface area contributed by atoms with E-state index in [0.717, 1.165) is 30.8 Å². The van der Waals surface area contributed by atoms with Gasteiger partial charge in [0.15, 0.2) is 6.29 Å². The fraction of sp³-hybridized carbons (Fsp3) is 0.286. The van der Waals surface area contributed by atoms with Gasteiger partial charge in [0, 0.05) is 19.2 Å². The topological polar surface area (TPSA) is 53.4 Å². The lowest BCUT2D eigenvalue weighted by Crippen LogP contribution is -2.05. The Balaban J connectivity index is 1.72. The molecule has 0 fully saturated rings. The molecule has 1 aromatic carbocycles. The van der Waals surface area contributed by atoms with Crippen molar-refractivity contribution in [3.63, 3.8) is 0 Å². The van der Waals surface area contributed by atoms with Crippen LogP contribution in [0.15, 0.2) is 36.5 Å². The van der Waals surface area contributed by atoms with Crippen molar-refractivity contribution in [2.75, 3.05) is 13.7 Å². The van der Waals surface area contributed by atoms with Gasteiger partial charge < -0.3 is 9.47 Å². The highest BCUT2D eigenvalue weighted by atomic mass is 16.5. The maximum Gasteiger partial charge on any atom is 0.170 e. The summed E-state index contributed by atoms with van der Waals surface area (Å²) in [6.07, 6.45) is 3.35. The van der Waals surface area contributed by atoms with E-state index >= 15 is 0 Å². The lowest BCUT2D eigenvalue weighted by atomic mass is 10.3. The number of benzene rings is 1. The second kappa shape index (κ2) is 6.58. The van der Waals surface area contributed by atoms with Crippen molar-refractivity contribution in [2.24, 2.45) is 0 Å². The lowest BCUT2D eigenvalue weighted by Gasteiger charge is -2.07. The average Bonchev–Trinajstić information content (AvgIpc) is 2.92. The second-order valence-electron chi connectivity index (χ2n) is 4.00. The van der Waals surface area contributed by atoms with Gasteiger partial charge >= 0.3 is 0 Å². The highest BCUT2D eigenvalue weighted by molar-refractivity contribution is 5.71. The number of aryl methyl sites for hydroxylation is 1. The molecule has 0 N–H and O–H groups in total. The summed E-state index contributed by atoms with van der Waals surface area (Å²) in [4.78, 5) is 10.5. The lowest BCUT2D eigenvalue weighted by molar-refractivity contribution is 0.111. The quantitative estimate of drug-likeness (QED) is 0.565. The summed E-state index contributed by atoms with van der Waals surface area (Å²) >= 11 is 0. The zero-order chi connectivity index (χ0) is 13.5. The molecular formula is C14H16N2O3. The van der Waals surface area contributed by atoms with Gasteiger partial charge in [-0.3, -0.25) is 9.48 Å². The molecule has 0 aliphatic rings. The van der Waals surface area contributed by atoms with E-state index in [2.05, 4.69) is 5.10 Å². The van der Waals surface area contributed by atoms with Crippen LogP contribution in [0.25, 0.3) is 0 Å². The Morgan fingerprint density at radius 2 is 1.95 bits per heavy atom. The van der Waals surface area contributed by atoms with Crippen molar-refractivity contribution in [2.45, 2.75) is 13.0 Å². The predicted octanol–water partition coefficient (Wildman–Crippen LogP) is 2.17. The zero-order valence-electron chi connectivity index (χ0n) is 10.8. The van der Waals surface area contributed by atoms with Crippen molar-refractivity contribution in [3.05, 3.63) is 42.2 Å². The van der Waals surface area contributed by atoms with Gasteiger partial charge in [-0.15, -0.1) is 0 Å². The van der Waals surface area contributed by atoms with Crippen LogP contribution in [0.4, 0.5) is 0 Å². The first-order valence-electron chi connectivity index (χ1n) is 6.07. The molecule has 100 valence electrons. The maximum atomic E-state index is 10.5. The number of methoxy groups -OCH3 is 1. The van der Waals surface area contributed by atoms with Gasteiger partial charge in [0.05, 0.1) is 13.7 Å². The number of aldehydes is 1. The molecule has 0 radical (unpaired) electrons. The summed E-state index contributed by atoms with van der Waals surface area (Å²) in [7, 11) is 1.63. The molecule has 1 heterocycles. The first-order valence-corrected chi connectivity index (χ1v) is 6.07. The van der Waals surface area contributed by atoms with E-state index in [1.165, 1.54) is 0 Å². The van der Waals surface area contributed by atoms with Gasteiger partial charge in [-0.05, 0) is 30.3 Å². The third-order valence-electron chi connectivity index (χ3n) is 2.64. The molecule has 1 aromatic heterocycles. The number of aromatic nitrogens is 2. The van der Waals surface area contributed by atoms with Crippen LogP contribution in [0.1, 0.15) is 16.9 Å². The molecule has 0 aliphatic carbocycles. The van der Waals surface area contributed by atoms with Crippen molar-refractivity contribution < 1.29 is 14.3 Å². The SMILES string of the molecule is COc1ccc(OCCCn2ccc(C=O)n2)cc1. The fourth-order valence-corrected chi connectivity index (χ4v) is 1.65. The van der Waals surface area contributed by atoms with Crippen LogP contribution in [0.5, 0.6) is 11.5 Å². The van der Waals surface area contributed by atoms with E-state index in [9.17, 15) is 4.79 Å². The summed E-state index contributed by atoms with van der Waals surface area (Å²) < 4.78 is 12.4. The summed E-state index contributed by atoms with van der Waals surface area (Å²) in [5.41, 5.74) is 0.455. The van der Waals surface area contributed by atoms with Crippen LogP contribution in [0.3, 0.4) is 0 Å². The molecule has 5 nitrogen and oxygen atoms in total. The monoisotopic (exact) mass is 260 g/mol. The highest BCUT2D eigenvalue weighted by Crippen LogP contribution is 2.17. The fourth-order valence-electron chi connectivity index (χ4n) is 1.65. The van der Waals surface area contributed by atoms with E-state index in [4.69, 9.17) is 9.47 Å².